The van der Waals surface area contributed by atoms with Gasteiger partial charge in [-0.1, -0.05) is 12.1 Å². The second-order valence-corrected chi connectivity index (χ2v) is 4.92. The van der Waals surface area contributed by atoms with Crippen LogP contribution >= 0.6 is 12.2 Å². The Balaban J connectivity index is 2.37. The highest BCUT2D eigenvalue weighted by molar-refractivity contribution is 7.80. The maximum absolute atomic E-state index is 12.6. The number of hydrogen-bond acceptors (Lipinski definition) is 2. The van der Waals surface area contributed by atoms with Gasteiger partial charge in [0.1, 0.15) is 5.75 Å². The minimum Gasteiger partial charge on any atom is -0.496 e. The second-order valence-electron chi connectivity index (χ2n) is 4.48. The van der Waals surface area contributed by atoms with Gasteiger partial charge in [-0.25, -0.2) is 0 Å². The largest absolute Gasteiger partial charge is 0.496 e. The monoisotopic (exact) mass is 326 g/mol. The van der Waals surface area contributed by atoms with Gasteiger partial charge in [0.15, 0.2) is 5.11 Å². The molecule has 2 aromatic carbocycles. The standard InChI is InChI=1S/C15H13F3N2OS/c1-21-13-8-11(20-14(19)22)6-7-12(13)9-2-4-10(5-3-9)15(16,17)18/h2-8H,1H3,(H3,19,20,22). The maximum atomic E-state index is 12.6. The zero-order valence-corrected chi connectivity index (χ0v) is 12.4. The minimum absolute atomic E-state index is 0.115. The summed E-state index contributed by atoms with van der Waals surface area (Å²) in [5.41, 5.74) is 6.63. The van der Waals surface area contributed by atoms with E-state index in [1.54, 1.807) is 18.2 Å². The number of alkyl halides is 3. The van der Waals surface area contributed by atoms with Crippen LogP contribution in [-0.2, 0) is 6.18 Å². The van der Waals surface area contributed by atoms with Gasteiger partial charge in [0.2, 0.25) is 0 Å². The first-order chi connectivity index (χ1) is 10.3. The molecule has 0 unspecified atom stereocenters. The molecule has 2 rings (SSSR count). The van der Waals surface area contributed by atoms with E-state index in [4.69, 9.17) is 22.7 Å². The molecule has 0 atom stereocenters. The van der Waals surface area contributed by atoms with E-state index in [0.717, 1.165) is 12.1 Å². The zero-order chi connectivity index (χ0) is 16.3. The lowest BCUT2D eigenvalue weighted by Gasteiger charge is -2.13. The van der Waals surface area contributed by atoms with Crippen molar-refractivity contribution in [2.24, 2.45) is 5.73 Å². The topological polar surface area (TPSA) is 47.3 Å². The third kappa shape index (κ3) is 3.67. The van der Waals surface area contributed by atoms with Gasteiger partial charge in [0.25, 0.3) is 0 Å². The minimum atomic E-state index is -4.35. The molecule has 7 heteroatoms. The van der Waals surface area contributed by atoms with Crippen molar-refractivity contribution in [3.05, 3.63) is 48.0 Å². The summed E-state index contributed by atoms with van der Waals surface area (Å²) >= 11 is 4.75. The Morgan fingerprint density at radius 3 is 2.27 bits per heavy atom. The third-order valence-electron chi connectivity index (χ3n) is 2.99. The van der Waals surface area contributed by atoms with Crippen LogP contribution in [0.15, 0.2) is 42.5 Å². The Morgan fingerprint density at radius 2 is 1.77 bits per heavy atom. The second kappa shape index (κ2) is 6.23. The number of benzene rings is 2. The molecule has 0 aliphatic carbocycles. The van der Waals surface area contributed by atoms with Crippen molar-refractivity contribution in [1.29, 1.82) is 0 Å². The fourth-order valence-corrected chi connectivity index (χ4v) is 2.11. The molecule has 0 heterocycles. The van der Waals surface area contributed by atoms with Crippen LogP contribution in [0, 0.1) is 0 Å². The molecule has 0 aliphatic rings. The van der Waals surface area contributed by atoms with E-state index in [2.05, 4.69) is 5.32 Å². The first-order valence-electron chi connectivity index (χ1n) is 6.23. The van der Waals surface area contributed by atoms with Gasteiger partial charge < -0.3 is 15.8 Å². The van der Waals surface area contributed by atoms with Crippen molar-refractivity contribution in [3.8, 4) is 16.9 Å². The normalized spacial score (nSPS) is 11.1. The summed E-state index contributed by atoms with van der Waals surface area (Å²) in [7, 11) is 1.48. The number of methoxy groups -OCH3 is 1. The van der Waals surface area contributed by atoms with Crippen molar-refractivity contribution < 1.29 is 17.9 Å². The number of halogens is 3. The van der Waals surface area contributed by atoms with Gasteiger partial charge in [-0.3, -0.25) is 0 Å². The van der Waals surface area contributed by atoms with Crippen LogP contribution in [0.3, 0.4) is 0 Å². The first kappa shape index (κ1) is 16.1. The van der Waals surface area contributed by atoms with Gasteiger partial charge in [-0.15, -0.1) is 0 Å². The number of anilines is 1. The average Bonchev–Trinajstić information content (AvgIpc) is 2.45. The number of rotatable bonds is 3. The lowest BCUT2D eigenvalue weighted by Crippen LogP contribution is -2.18. The Kier molecular flexibility index (Phi) is 4.56. The molecule has 2 aromatic rings. The smallest absolute Gasteiger partial charge is 0.416 e. The molecule has 0 spiro atoms. The highest BCUT2D eigenvalue weighted by Crippen LogP contribution is 2.35. The van der Waals surface area contributed by atoms with Crippen molar-refractivity contribution in [3.63, 3.8) is 0 Å². The van der Waals surface area contributed by atoms with Crippen LogP contribution in [-0.4, -0.2) is 12.2 Å². The molecule has 0 aliphatic heterocycles. The molecule has 0 saturated carbocycles. The molecule has 0 aromatic heterocycles. The SMILES string of the molecule is COc1cc(NC(N)=S)ccc1-c1ccc(C(F)(F)F)cc1. The van der Waals surface area contributed by atoms with Gasteiger partial charge in [0, 0.05) is 17.3 Å². The van der Waals surface area contributed by atoms with Crippen LogP contribution in [0.1, 0.15) is 5.56 Å². The van der Waals surface area contributed by atoms with E-state index in [1.165, 1.54) is 19.2 Å². The Bertz CT molecular complexity index is 684. The third-order valence-corrected chi connectivity index (χ3v) is 3.09. The summed E-state index contributed by atoms with van der Waals surface area (Å²) in [5.74, 6) is 0.501. The van der Waals surface area contributed by atoms with Crippen LogP contribution in [0.2, 0.25) is 0 Å². The predicted molar refractivity (Wildman–Crippen MR) is 83.8 cm³/mol. The summed E-state index contributed by atoms with van der Waals surface area (Å²) in [4.78, 5) is 0. The summed E-state index contributed by atoms with van der Waals surface area (Å²) in [6, 6.07) is 10.00. The molecule has 0 bridgehead atoms. The van der Waals surface area contributed by atoms with Gasteiger partial charge in [0.05, 0.1) is 12.7 Å². The van der Waals surface area contributed by atoms with Crippen LogP contribution in [0.5, 0.6) is 5.75 Å². The number of hydrogen-bond donors (Lipinski definition) is 2. The fourth-order valence-electron chi connectivity index (χ4n) is 1.99. The number of nitrogens with two attached hydrogens (primary N) is 1. The fraction of sp³-hybridized carbons (Fsp3) is 0.133. The summed E-state index contributed by atoms with van der Waals surface area (Å²) in [6.07, 6.45) is -4.35. The van der Waals surface area contributed by atoms with E-state index in [9.17, 15) is 13.2 Å². The van der Waals surface area contributed by atoms with Crippen molar-refractivity contribution in [2.45, 2.75) is 6.18 Å². The number of nitrogens with one attached hydrogen (secondary N) is 1. The molecule has 0 fully saturated rings. The summed E-state index contributed by atoms with van der Waals surface area (Å²) in [5, 5.41) is 2.88. The summed E-state index contributed by atoms with van der Waals surface area (Å²) < 4.78 is 43.0. The van der Waals surface area contributed by atoms with E-state index >= 15 is 0 Å². The lowest BCUT2D eigenvalue weighted by atomic mass is 10.0. The quantitative estimate of drug-likeness (QED) is 0.836. The average molecular weight is 326 g/mol. The van der Waals surface area contributed by atoms with Crippen molar-refractivity contribution in [2.75, 3.05) is 12.4 Å². The molecule has 0 amide bonds. The molecule has 0 saturated heterocycles. The Hall–Kier alpha value is -2.28. The first-order valence-corrected chi connectivity index (χ1v) is 6.64. The van der Waals surface area contributed by atoms with E-state index in [1.807, 2.05) is 0 Å². The van der Waals surface area contributed by atoms with Gasteiger partial charge in [-0.05, 0) is 42.0 Å². The molecule has 116 valence electrons. The lowest BCUT2D eigenvalue weighted by molar-refractivity contribution is -0.137. The summed E-state index contributed by atoms with van der Waals surface area (Å²) in [6.45, 7) is 0. The highest BCUT2D eigenvalue weighted by Gasteiger charge is 2.30. The molecular formula is C15H13F3N2OS. The maximum Gasteiger partial charge on any atom is 0.416 e. The molecule has 0 radical (unpaired) electrons. The number of thiocarbonyl (C=S) groups is 1. The molecule has 22 heavy (non-hydrogen) atoms. The van der Waals surface area contributed by atoms with Gasteiger partial charge >= 0.3 is 6.18 Å². The molecular weight excluding hydrogens is 313 g/mol. The highest BCUT2D eigenvalue weighted by atomic mass is 32.1. The van der Waals surface area contributed by atoms with Crippen molar-refractivity contribution >= 4 is 23.0 Å². The van der Waals surface area contributed by atoms with Crippen LogP contribution in [0.4, 0.5) is 18.9 Å². The van der Waals surface area contributed by atoms with Crippen molar-refractivity contribution in [1.82, 2.24) is 0 Å². The number of ether oxygens (including phenoxy) is 1. The molecule has 3 N–H and O–H groups in total. The van der Waals surface area contributed by atoms with E-state index in [-0.39, 0.29) is 5.11 Å². The molecule has 3 nitrogen and oxygen atoms in total. The van der Waals surface area contributed by atoms with E-state index in [0.29, 0.717) is 22.6 Å². The van der Waals surface area contributed by atoms with Gasteiger partial charge in [-0.2, -0.15) is 13.2 Å². The van der Waals surface area contributed by atoms with Crippen LogP contribution < -0.4 is 15.8 Å². The Morgan fingerprint density at radius 1 is 1.14 bits per heavy atom. The predicted octanol–water partition coefficient (Wildman–Crippen LogP) is 4.04. The van der Waals surface area contributed by atoms with Crippen LogP contribution in [0.25, 0.3) is 11.1 Å². The van der Waals surface area contributed by atoms with E-state index < -0.39 is 11.7 Å². The zero-order valence-electron chi connectivity index (χ0n) is 11.6. The Labute approximate surface area is 130 Å².